The fourth-order valence-corrected chi connectivity index (χ4v) is 4.18. The first-order chi connectivity index (χ1) is 14.1. The Bertz CT molecular complexity index is 947. The summed E-state index contributed by atoms with van der Waals surface area (Å²) in [6.07, 6.45) is 7.25. The highest BCUT2D eigenvalue weighted by molar-refractivity contribution is 6.30. The zero-order chi connectivity index (χ0) is 20.6. The van der Waals surface area contributed by atoms with Crippen molar-refractivity contribution in [1.29, 1.82) is 0 Å². The van der Waals surface area contributed by atoms with Gasteiger partial charge in [0.25, 0.3) is 0 Å². The maximum Gasteiger partial charge on any atom is 0.220 e. The molecule has 0 aliphatic carbocycles. The highest BCUT2D eigenvalue weighted by Gasteiger charge is 2.22. The molecular formula is C25H31ClN2O. The molecule has 3 aromatic rings. The summed E-state index contributed by atoms with van der Waals surface area (Å²) < 4.78 is 2.25. The van der Waals surface area contributed by atoms with Gasteiger partial charge in [-0.15, -0.1) is 0 Å². The molecule has 0 spiro atoms. The number of carbonyl (C=O) groups excluding carboxylic acids is 1. The van der Waals surface area contributed by atoms with Crippen LogP contribution in [0.15, 0.2) is 54.7 Å². The first-order valence-corrected chi connectivity index (χ1v) is 11.1. The minimum absolute atomic E-state index is 0.0259. The number of benzene rings is 2. The number of rotatable bonds is 10. The van der Waals surface area contributed by atoms with Crippen LogP contribution < -0.4 is 5.32 Å². The maximum atomic E-state index is 12.8. The molecular weight excluding hydrogens is 380 g/mol. The SMILES string of the molecule is CCCCCCNC(=O)CC(c1cccc(Cl)c1)c1cn(CC)c2ccccc12. The molecule has 29 heavy (non-hydrogen) atoms. The predicted octanol–water partition coefficient (Wildman–Crippen LogP) is 6.53. The molecule has 0 fully saturated rings. The van der Waals surface area contributed by atoms with Crippen LogP contribution in [0, 0.1) is 0 Å². The molecule has 0 aliphatic heterocycles. The number of hydrogen-bond acceptors (Lipinski definition) is 1. The van der Waals surface area contributed by atoms with Crippen molar-refractivity contribution in [2.24, 2.45) is 0 Å². The van der Waals surface area contributed by atoms with E-state index in [1.54, 1.807) is 0 Å². The number of fused-ring (bicyclic) bond motifs is 1. The first-order valence-electron chi connectivity index (χ1n) is 10.7. The summed E-state index contributed by atoms with van der Waals surface area (Å²) in [5, 5.41) is 5.02. The van der Waals surface area contributed by atoms with Gasteiger partial charge in [-0.1, -0.05) is 68.1 Å². The topological polar surface area (TPSA) is 34.0 Å². The number of carbonyl (C=O) groups is 1. The number of unbranched alkanes of at least 4 members (excludes halogenated alkanes) is 3. The van der Waals surface area contributed by atoms with Gasteiger partial charge in [0, 0.05) is 47.6 Å². The van der Waals surface area contributed by atoms with Gasteiger partial charge in [0.1, 0.15) is 0 Å². The van der Waals surface area contributed by atoms with E-state index in [0.29, 0.717) is 11.4 Å². The Hall–Kier alpha value is -2.26. The van der Waals surface area contributed by atoms with E-state index in [1.807, 2.05) is 18.2 Å². The molecule has 1 heterocycles. The summed E-state index contributed by atoms with van der Waals surface area (Å²) in [4.78, 5) is 12.8. The third kappa shape index (κ3) is 5.42. The number of halogens is 1. The molecule has 0 aliphatic rings. The Morgan fingerprint density at radius 1 is 1.07 bits per heavy atom. The van der Waals surface area contributed by atoms with Gasteiger partial charge in [-0.3, -0.25) is 4.79 Å². The van der Waals surface area contributed by atoms with Crippen LogP contribution in [0.5, 0.6) is 0 Å². The predicted molar refractivity (Wildman–Crippen MR) is 123 cm³/mol. The maximum absolute atomic E-state index is 12.8. The Balaban J connectivity index is 1.88. The van der Waals surface area contributed by atoms with Crippen LogP contribution in [0.1, 0.15) is 63.0 Å². The van der Waals surface area contributed by atoms with Gasteiger partial charge in [0.15, 0.2) is 0 Å². The summed E-state index contributed by atoms with van der Waals surface area (Å²) in [7, 11) is 0. The third-order valence-electron chi connectivity index (χ3n) is 5.53. The number of hydrogen-bond donors (Lipinski definition) is 1. The quantitative estimate of drug-likeness (QED) is 0.378. The molecule has 1 N–H and O–H groups in total. The van der Waals surface area contributed by atoms with Crippen LogP contribution in [0.3, 0.4) is 0 Å². The van der Waals surface area contributed by atoms with E-state index in [-0.39, 0.29) is 11.8 Å². The number of nitrogens with zero attached hydrogens (tertiary/aromatic N) is 1. The Morgan fingerprint density at radius 2 is 1.90 bits per heavy atom. The fraction of sp³-hybridized carbons (Fsp3) is 0.400. The molecule has 1 aromatic heterocycles. The Labute approximate surface area is 179 Å². The van der Waals surface area contributed by atoms with Crippen molar-refractivity contribution in [2.45, 2.75) is 58.4 Å². The van der Waals surface area contributed by atoms with Crippen molar-refractivity contribution < 1.29 is 4.79 Å². The molecule has 3 rings (SSSR count). The summed E-state index contributed by atoms with van der Waals surface area (Å²) >= 11 is 6.29. The summed E-state index contributed by atoms with van der Waals surface area (Å²) in [6, 6.07) is 16.3. The van der Waals surface area contributed by atoms with Gasteiger partial charge in [0.2, 0.25) is 5.91 Å². The van der Waals surface area contributed by atoms with E-state index in [0.717, 1.165) is 25.1 Å². The number of nitrogens with one attached hydrogen (secondary N) is 1. The average molecular weight is 411 g/mol. The van der Waals surface area contributed by atoms with Crippen molar-refractivity contribution in [2.75, 3.05) is 6.54 Å². The van der Waals surface area contributed by atoms with Gasteiger partial charge >= 0.3 is 0 Å². The number of amides is 1. The lowest BCUT2D eigenvalue weighted by Crippen LogP contribution is -2.26. The molecule has 154 valence electrons. The third-order valence-corrected chi connectivity index (χ3v) is 5.76. The molecule has 0 radical (unpaired) electrons. The molecule has 1 unspecified atom stereocenters. The zero-order valence-electron chi connectivity index (χ0n) is 17.5. The molecule has 3 nitrogen and oxygen atoms in total. The van der Waals surface area contributed by atoms with Crippen LogP contribution in [0.2, 0.25) is 5.02 Å². The van der Waals surface area contributed by atoms with Crippen LogP contribution in [0.4, 0.5) is 0 Å². The van der Waals surface area contributed by atoms with Gasteiger partial charge in [-0.2, -0.15) is 0 Å². The van der Waals surface area contributed by atoms with E-state index in [9.17, 15) is 4.79 Å². The summed E-state index contributed by atoms with van der Waals surface area (Å²) in [5.74, 6) is 0.0712. The number of aryl methyl sites for hydroxylation is 1. The summed E-state index contributed by atoms with van der Waals surface area (Å²) in [6.45, 7) is 5.98. The lowest BCUT2D eigenvalue weighted by molar-refractivity contribution is -0.121. The zero-order valence-corrected chi connectivity index (χ0v) is 18.2. The highest BCUT2D eigenvalue weighted by atomic mass is 35.5. The normalized spacial score (nSPS) is 12.2. The second-order valence-corrected chi connectivity index (χ2v) is 8.05. The van der Waals surface area contributed by atoms with E-state index >= 15 is 0 Å². The highest BCUT2D eigenvalue weighted by Crippen LogP contribution is 2.35. The van der Waals surface area contributed by atoms with E-state index < -0.39 is 0 Å². The second-order valence-electron chi connectivity index (χ2n) is 7.61. The molecule has 1 amide bonds. The molecule has 1 atom stereocenters. The Kier molecular flexibility index (Phi) is 7.76. The van der Waals surface area contributed by atoms with Crippen molar-refractivity contribution >= 4 is 28.4 Å². The number of aromatic nitrogens is 1. The Morgan fingerprint density at radius 3 is 2.66 bits per heavy atom. The summed E-state index contributed by atoms with van der Waals surface area (Å²) in [5.41, 5.74) is 3.47. The van der Waals surface area contributed by atoms with Crippen molar-refractivity contribution in [3.63, 3.8) is 0 Å². The number of para-hydroxylation sites is 1. The van der Waals surface area contributed by atoms with Crippen LogP contribution in [-0.2, 0) is 11.3 Å². The smallest absolute Gasteiger partial charge is 0.220 e. The van der Waals surface area contributed by atoms with E-state index in [1.165, 1.54) is 35.7 Å². The monoisotopic (exact) mass is 410 g/mol. The van der Waals surface area contributed by atoms with Crippen LogP contribution in [-0.4, -0.2) is 17.0 Å². The molecule has 0 saturated heterocycles. The molecule has 2 aromatic carbocycles. The second kappa shape index (κ2) is 10.5. The first kappa shape index (κ1) is 21.4. The minimum Gasteiger partial charge on any atom is -0.356 e. The molecule has 4 heteroatoms. The molecule has 0 bridgehead atoms. The minimum atomic E-state index is -0.0259. The van der Waals surface area contributed by atoms with Gasteiger partial charge in [-0.25, -0.2) is 0 Å². The van der Waals surface area contributed by atoms with E-state index in [4.69, 9.17) is 11.6 Å². The van der Waals surface area contributed by atoms with E-state index in [2.05, 4.69) is 60.3 Å². The van der Waals surface area contributed by atoms with Crippen molar-refractivity contribution in [1.82, 2.24) is 9.88 Å². The van der Waals surface area contributed by atoms with Crippen molar-refractivity contribution in [3.05, 3.63) is 70.9 Å². The largest absolute Gasteiger partial charge is 0.356 e. The lowest BCUT2D eigenvalue weighted by atomic mass is 9.88. The van der Waals surface area contributed by atoms with Gasteiger partial charge in [-0.05, 0) is 42.7 Å². The lowest BCUT2D eigenvalue weighted by Gasteiger charge is -2.18. The van der Waals surface area contributed by atoms with Crippen LogP contribution in [0.25, 0.3) is 10.9 Å². The van der Waals surface area contributed by atoms with Crippen LogP contribution >= 0.6 is 11.6 Å². The van der Waals surface area contributed by atoms with Crippen molar-refractivity contribution in [3.8, 4) is 0 Å². The fourth-order valence-electron chi connectivity index (χ4n) is 3.98. The standard InChI is InChI=1S/C25H31ClN2O/c1-3-5-6-9-15-27-25(29)17-22(19-11-10-12-20(26)16-19)23-18-28(4-2)24-14-8-7-13-21(23)24/h7-8,10-14,16,18,22H,3-6,9,15,17H2,1-2H3,(H,27,29). The molecule has 0 saturated carbocycles. The average Bonchev–Trinajstić information content (AvgIpc) is 3.10. The van der Waals surface area contributed by atoms with Gasteiger partial charge in [0.05, 0.1) is 0 Å². The van der Waals surface area contributed by atoms with Gasteiger partial charge < -0.3 is 9.88 Å².